The number of hydrogen-bond acceptors (Lipinski definition) is 2. The van der Waals surface area contributed by atoms with Crippen molar-refractivity contribution in [1.29, 1.82) is 0 Å². The van der Waals surface area contributed by atoms with Gasteiger partial charge in [-0.05, 0) is 43.9 Å². The molecule has 0 bridgehead atoms. The van der Waals surface area contributed by atoms with Crippen LogP contribution in [-0.4, -0.2) is 50.8 Å². The summed E-state index contributed by atoms with van der Waals surface area (Å²) in [6.07, 6.45) is 2.64. The highest BCUT2D eigenvalue weighted by Crippen LogP contribution is 2.16. The predicted molar refractivity (Wildman–Crippen MR) is 100.0 cm³/mol. The lowest BCUT2D eigenvalue weighted by Gasteiger charge is -2.24. The van der Waals surface area contributed by atoms with E-state index >= 15 is 0 Å². The summed E-state index contributed by atoms with van der Waals surface area (Å²) in [5, 5.41) is 3.33. The van der Waals surface area contributed by atoms with Gasteiger partial charge >= 0.3 is 0 Å². The fourth-order valence-corrected chi connectivity index (χ4v) is 3.18. The number of hydrogen-bond donors (Lipinski definition) is 1. The van der Waals surface area contributed by atoms with Crippen LogP contribution in [0.5, 0.6) is 0 Å². The first-order valence-corrected chi connectivity index (χ1v) is 9.40. The molecule has 1 heterocycles. The lowest BCUT2D eigenvalue weighted by molar-refractivity contribution is 0.181. The van der Waals surface area contributed by atoms with Crippen molar-refractivity contribution in [2.45, 2.75) is 26.2 Å². The molecular weight excluding hydrogens is 373 g/mol. The molecule has 134 valence electrons. The predicted octanol–water partition coefficient (Wildman–Crippen LogP) is 3.45. The minimum absolute atomic E-state index is 0.154. The Morgan fingerprint density at radius 2 is 2.33 bits per heavy atom. The summed E-state index contributed by atoms with van der Waals surface area (Å²) in [6.45, 7) is 6.25. The number of nitrogens with zero attached hydrogens (tertiary/aromatic N) is 2. The first-order chi connectivity index (χ1) is 11.6. The average molecular weight is 400 g/mol. The maximum atomic E-state index is 13.8. The molecule has 1 aromatic rings. The van der Waals surface area contributed by atoms with Crippen molar-refractivity contribution in [3.8, 4) is 0 Å². The molecule has 1 unspecified atom stereocenters. The van der Waals surface area contributed by atoms with Gasteiger partial charge in [-0.1, -0.05) is 22.0 Å². The molecule has 1 fully saturated rings. The van der Waals surface area contributed by atoms with Crippen molar-refractivity contribution in [1.82, 2.24) is 10.2 Å². The monoisotopic (exact) mass is 399 g/mol. The largest absolute Gasteiger partial charge is 0.381 e. The lowest BCUT2D eigenvalue weighted by Crippen LogP contribution is -2.41. The number of rotatable bonds is 7. The zero-order chi connectivity index (χ0) is 17.4. The van der Waals surface area contributed by atoms with Crippen molar-refractivity contribution in [2.75, 3.05) is 39.9 Å². The van der Waals surface area contributed by atoms with Gasteiger partial charge in [0.05, 0.1) is 6.61 Å². The van der Waals surface area contributed by atoms with Crippen LogP contribution in [0, 0.1) is 11.7 Å². The molecule has 4 nitrogen and oxygen atoms in total. The van der Waals surface area contributed by atoms with Crippen molar-refractivity contribution in [3.63, 3.8) is 0 Å². The number of benzene rings is 1. The molecule has 6 heteroatoms. The molecule has 1 atom stereocenters. The number of halogens is 2. The number of ether oxygens (including phenoxy) is 1. The van der Waals surface area contributed by atoms with Gasteiger partial charge in [0.25, 0.3) is 0 Å². The second-order valence-corrected chi connectivity index (χ2v) is 7.10. The Labute approximate surface area is 152 Å². The smallest absolute Gasteiger partial charge is 0.193 e. The van der Waals surface area contributed by atoms with Crippen LogP contribution in [0.4, 0.5) is 4.39 Å². The quantitative estimate of drug-likeness (QED) is 0.433. The summed E-state index contributed by atoms with van der Waals surface area (Å²) in [4.78, 5) is 6.85. The highest BCUT2D eigenvalue weighted by Gasteiger charge is 2.18. The van der Waals surface area contributed by atoms with Gasteiger partial charge in [0, 0.05) is 43.7 Å². The molecule has 1 aliphatic heterocycles. The second kappa shape index (κ2) is 9.99. The highest BCUT2D eigenvalue weighted by atomic mass is 79.9. The topological polar surface area (TPSA) is 36.9 Å². The Kier molecular flexibility index (Phi) is 7.99. The van der Waals surface area contributed by atoms with Crippen molar-refractivity contribution >= 4 is 21.9 Å². The summed E-state index contributed by atoms with van der Waals surface area (Å²) in [5.74, 6) is 1.34. The highest BCUT2D eigenvalue weighted by molar-refractivity contribution is 9.10. The molecule has 2 rings (SSSR count). The van der Waals surface area contributed by atoms with E-state index < -0.39 is 0 Å². The van der Waals surface area contributed by atoms with E-state index in [1.165, 1.54) is 6.07 Å². The fraction of sp³-hybridized carbons (Fsp3) is 0.611. The molecule has 0 amide bonds. The summed E-state index contributed by atoms with van der Waals surface area (Å²) < 4.78 is 20.0. The Morgan fingerprint density at radius 1 is 1.50 bits per heavy atom. The second-order valence-electron chi connectivity index (χ2n) is 6.19. The van der Waals surface area contributed by atoms with Gasteiger partial charge in [-0.15, -0.1) is 0 Å². The summed E-state index contributed by atoms with van der Waals surface area (Å²) in [6, 6.07) is 5.23. The number of aliphatic imine (C=N–C) groups is 1. The van der Waals surface area contributed by atoms with Crippen LogP contribution in [0.2, 0.25) is 0 Å². The van der Waals surface area contributed by atoms with Gasteiger partial charge in [-0.2, -0.15) is 0 Å². The molecule has 1 aliphatic rings. The Morgan fingerprint density at radius 3 is 3.00 bits per heavy atom. The molecule has 1 saturated heterocycles. The van der Waals surface area contributed by atoms with Crippen LogP contribution in [0.1, 0.15) is 25.3 Å². The third-order valence-corrected chi connectivity index (χ3v) is 4.63. The normalized spacial score (nSPS) is 18.0. The molecule has 0 radical (unpaired) electrons. The summed E-state index contributed by atoms with van der Waals surface area (Å²) in [7, 11) is 2.06. The Bertz CT molecular complexity index is 547. The number of guanidine groups is 1. The van der Waals surface area contributed by atoms with Gasteiger partial charge < -0.3 is 15.0 Å². The van der Waals surface area contributed by atoms with E-state index in [9.17, 15) is 4.39 Å². The van der Waals surface area contributed by atoms with Crippen LogP contribution in [0.15, 0.2) is 27.7 Å². The van der Waals surface area contributed by atoms with E-state index in [0.717, 1.165) is 55.1 Å². The maximum absolute atomic E-state index is 13.8. The molecule has 0 spiro atoms. The third kappa shape index (κ3) is 6.06. The van der Waals surface area contributed by atoms with Crippen molar-refractivity contribution in [2.24, 2.45) is 10.9 Å². The van der Waals surface area contributed by atoms with Gasteiger partial charge in [-0.3, -0.25) is 4.99 Å². The average Bonchev–Trinajstić information content (AvgIpc) is 3.05. The molecule has 24 heavy (non-hydrogen) atoms. The zero-order valence-electron chi connectivity index (χ0n) is 14.5. The summed E-state index contributed by atoms with van der Waals surface area (Å²) in [5.41, 5.74) is 0.745. The third-order valence-electron chi connectivity index (χ3n) is 4.13. The molecule has 1 N–H and O–H groups in total. The SMILES string of the molecule is CCNC(=NCCCc1ccc(Br)cc1F)N(C)CC1CCOC1. The van der Waals surface area contributed by atoms with Gasteiger partial charge in [0.1, 0.15) is 5.82 Å². The number of aryl methyl sites for hydroxylation is 1. The maximum Gasteiger partial charge on any atom is 0.193 e. The first-order valence-electron chi connectivity index (χ1n) is 8.61. The molecule has 1 aromatic carbocycles. The fourth-order valence-electron chi connectivity index (χ4n) is 2.85. The van der Waals surface area contributed by atoms with Gasteiger partial charge in [0.2, 0.25) is 0 Å². The van der Waals surface area contributed by atoms with E-state index in [2.05, 4.69) is 45.1 Å². The molecular formula is C18H27BrFN3O. The van der Waals surface area contributed by atoms with Crippen LogP contribution in [-0.2, 0) is 11.2 Å². The van der Waals surface area contributed by atoms with E-state index in [-0.39, 0.29) is 5.82 Å². The molecule has 0 aliphatic carbocycles. The number of nitrogens with one attached hydrogen (secondary N) is 1. The van der Waals surface area contributed by atoms with E-state index in [1.54, 1.807) is 0 Å². The Hall–Kier alpha value is -1.14. The van der Waals surface area contributed by atoms with Crippen LogP contribution in [0.25, 0.3) is 0 Å². The van der Waals surface area contributed by atoms with E-state index in [0.29, 0.717) is 18.9 Å². The van der Waals surface area contributed by atoms with Crippen molar-refractivity contribution < 1.29 is 9.13 Å². The molecule has 0 saturated carbocycles. The summed E-state index contributed by atoms with van der Waals surface area (Å²) >= 11 is 3.28. The standard InChI is InChI=1S/C18H27BrFN3O/c1-3-21-18(23(2)12-14-8-10-24-13-14)22-9-4-5-15-6-7-16(19)11-17(15)20/h6-7,11,14H,3-5,8-10,12-13H2,1-2H3,(H,21,22). The van der Waals surface area contributed by atoms with Crippen LogP contribution < -0.4 is 5.32 Å². The zero-order valence-corrected chi connectivity index (χ0v) is 16.1. The minimum Gasteiger partial charge on any atom is -0.381 e. The van der Waals surface area contributed by atoms with Crippen LogP contribution >= 0.6 is 15.9 Å². The van der Waals surface area contributed by atoms with Gasteiger partial charge in [0.15, 0.2) is 5.96 Å². The lowest BCUT2D eigenvalue weighted by atomic mass is 10.1. The molecule has 0 aromatic heterocycles. The van der Waals surface area contributed by atoms with E-state index in [4.69, 9.17) is 4.74 Å². The first kappa shape index (κ1) is 19.2. The van der Waals surface area contributed by atoms with Crippen LogP contribution in [0.3, 0.4) is 0 Å². The van der Waals surface area contributed by atoms with Crippen molar-refractivity contribution in [3.05, 3.63) is 34.1 Å². The van der Waals surface area contributed by atoms with Gasteiger partial charge in [-0.25, -0.2) is 4.39 Å². The van der Waals surface area contributed by atoms with E-state index in [1.807, 2.05) is 12.1 Å². The Balaban J connectivity index is 1.83. The minimum atomic E-state index is -0.154.